The molecule has 5 aromatic rings. The van der Waals surface area contributed by atoms with Crippen molar-refractivity contribution in [3.8, 4) is 22.7 Å². The third kappa shape index (κ3) is 4.19. The highest BCUT2D eigenvalue weighted by atomic mass is 35.5. The van der Waals surface area contributed by atoms with Crippen LogP contribution in [0.15, 0.2) is 60.0 Å². The SMILES string of the molecule is C=CC(=O)N1CCN2c3nc(=O)n(-c4ccccc4C(C)C)c4nc(-c5c(C)ccc6[nH]ncc56)c(Cl)c(c34)OCC2C1. The van der Waals surface area contributed by atoms with Gasteiger partial charge in [0.25, 0.3) is 0 Å². The standard InChI is InChI=1S/C32H30ClN7O3/c1-5-24(41)38-12-13-39-19(15-38)16-43-29-26-30(39)36-32(42)40(23-9-7-6-8-20(23)17(2)3)31(26)35-28(27(29)33)25-18(4)10-11-22-21(25)14-34-37-22/h5-11,14,17,19H,1,12-13,15-16H2,2-4H3,(H,34,37). The summed E-state index contributed by atoms with van der Waals surface area (Å²) in [6, 6.07) is 11.5. The summed E-state index contributed by atoms with van der Waals surface area (Å²) in [5, 5.41) is 9.03. The molecule has 7 rings (SSSR count). The quantitative estimate of drug-likeness (QED) is 0.291. The highest BCUT2D eigenvalue weighted by Crippen LogP contribution is 2.46. The number of amides is 1. The van der Waals surface area contributed by atoms with Gasteiger partial charge in [0, 0.05) is 30.6 Å². The Balaban J connectivity index is 1.57. The van der Waals surface area contributed by atoms with Gasteiger partial charge in [-0.2, -0.15) is 10.1 Å². The summed E-state index contributed by atoms with van der Waals surface area (Å²) in [5.41, 5.74) is 4.72. The van der Waals surface area contributed by atoms with Crippen LogP contribution in [-0.2, 0) is 4.79 Å². The molecule has 218 valence electrons. The van der Waals surface area contributed by atoms with Crippen LogP contribution in [0.5, 0.6) is 5.75 Å². The van der Waals surface area contributed by atoms with Crippen LogP contribution in [0.2, 0.25) is 5.02 Å². The lowest BCUT2D eigenvalue weighted by Gasteiger charge is -2.40. The third-order valence-electron chi connectivity index (χ3n) is 8.43. The highest BCUT2D eigenvalue weighted by Gasteiger charge is 2.37. The second-order valence-corrected chi connectivity index (χ2v) is 11.7. The van der Waals surface area contributed by atoms with Crippen LogP contribution >= 0.6 is 11.6 Å². The van der Waals surface area contributed by atoms with Gasteiger partial charge >= 0.3 is 5.69 Å². The van der Waals surface area contributed by atoms with Gasteiger partial charge < -0.3 is 14.5 Å². The maximum Gasteiger partial charge on any atom is 0.355 e. The first-order chi connectivity index (χ1) is 20.8. The summed E-state index contributed by atoms with van der Waals surface area (Å²) in [7, 11) is 0. The molecule has 43 heavy (non-hydrogen) atoms. The summed E-state index contributed by atoms with van der Waals surface area (Å²) < 4.78 is 8.10. The summed E-state index contributed by atoms with van der Waals surface area (Å²) in [6.07, 6.45) is 3.07. The smallest absolute Gasteiger partial charge is 0.355 e. The van der Waals surface area contributed by atoms with Crippen LogP contribution in [-0.4, -0.2) is 67.8 Å². The third-order valence-corrected chi connectivity index (χ3v) is 8.78. The van der Waals surface area contributed by atoms with Gasteiger partial charge in [0.1, 0.15) is 22.8 Å². The molecule has 1 amide bonds. The number of ether oxygens (including phenoxy) is 1. The number of H-pyrrole nitrogens is 1. The number of hydrogen-bond donors (Lipinski definition) is 1. The topological polar surface area (TPSA) is 109 Å². The van der Waals surface area contributed by atoms with Gasteiger partial charge in [-0.15, -0.1) is 0 Å². The molecule has 0 aliphatic carbocycles. The summed E-state index contributed by atoms with van der Waals surface area (Å²) in [5.74, 6) is 0.861. The van der Waals surface area contributed by atoms with E-state index < -0.39 is 5.69 Å². The molecule has 1 atom stereocenters. The Bertz CT molecular complexity index is 2010. The molecule has 10 nitrogen and oxygen atoms in total. The number of nitrogens with one attached hydrogen (secondary N) is 1. The zero-order valence-corrected chi connectivity index (χ0v) is 24.9. The van der Waals surface area contributed by atoms with Crippen molar-refractivity contribution in [1.82, 2.24) is 29.6 Å². The van der Waals surface area contributed by atoms with Gasteiger partial charge in [0.15, 0.2) is 11.4 Å². The van der Waals surface area contributed by atoms with Crippen LogP contribution in [0, 0.1) is 6.92 Å². The van der Waals surface area contributed by atoms with Gasteiger partial charge in [-0.25, -0.2) is 14.3 Å². The normalized spacial score (nSPS) is 16.3. The fourth-order valence-corrected chi connectivity index (χ4v) is 6.60. The summed E-state index contributed by atoms with van der Waals surface area (Å²) in [4.78, 5) is 40.2. The Morgan fingerprint density at radius 1 is 1.19 bits per heavy atom. The summed E-state index contributed by atoms with van der Waals surface area (Å²) in [6.45, 7) is 11.4. The molecule has 11 heteroatoms. The number of aryl methyl sites for hydroxylation is 1. The van der Waals surface area contributed by atoms with Crippen molar-refractivity contribution in [2.45, 2.75) is 32.7 Å². The van der Waals surface area contributed by atoms with Crippen molar-refractivity contribution in [2.24, 2.45) is 0 Å². The van der Waals surface area contributed by atoms with Gasteiger partial charge in [-0.1, -0.05) is 56.3 Å². The van der Waals surface area contributed by atoms with E-state index in [2.05, 4.69) is 35.6 Å². The van der Waals surface area contributed by atoms with E-state index in [-0.39, 0.29) is 24.5 Å². The van der Waals surface area contributed by atoms with E-state index in [0.717, 1.165) is 27.6 Å². The Labute approximate surface area is 252 Å². The molecule has 2 aliphatic rings. The van der Waals surface area contributed by atoms with Crippen molar-refractivity contribution in [1.29, 1.82) is 0 Å². The predicted molar refractivity (Wildman–Crippen MR) is 167 cm³/mol. The Kier molecular flexibility index (Phi) is 6.46. The number of aromatic nitrogens is 5. The van der Waals surface area contributed by atoms with E-state index in [1.54, 1.807) is 15.7 Å². The lowest BCUT2D eigenvalue weighted by Crippen LogP contribution is -2.56. The number of fused-ring (bicyclic) bond motifs is 3. The van der Waals surface area contributed by atoms with E-state index in [0.29, 0.717) is 58.6 Å². The molecule has 1 fully saturated rings. The number of nitrogens with zero attached hydrogens (tertiary/aromatic N) is 6. The number of benzene rings is 2. The maximum atomic E-state index is 14.1. The van der Waals surface area contributed by atoms with Crippen LogP contribution < -0.4 is 15.3 Å². The average Bonchev–Trinajstić information content (AvgIpc) is 3.42. The zero-order chi connectivity index (χ0) is 30.0. The number of piperazine rings is 1. The van der Waals surface area contributed by atoms with E-state index in [4.69, 9.17) is 21.3 Å². The van der Waals surface area contributed by atoms with E-state index >= 15 is 0 Å². The predicted octanol–water partition coefficient (Wildman–Crippen LogP) is 5.00. The number of aromatic amines is 1. The van der Waals surface area contributed by atoms with Crippen molar-refractivity contribution in [3.05, 3.63) is 81.9 Å². The van der Waals surface area contributed by atoms with Crippen LogP contribution in [0.3, 0.4) is 0 Å². The number of rotatable bonds is 4. The monoisotopic (exact) mass is 595 g/mol. The molecule has 2 aromatic carbocycles. The van der Waals surface area contributed by atoms with Crippen LogP contribution in [0.25, 0.3) is 38.9 Å². The first-order valence-electron chi connectivity index (χ1n) is 14.3. The minimum Gasteiger partial charge on any atom is -0.489 e. The lowest BCUT2D eigenvalue weighted by atomic mass is 9.99. The molecule has 1 unspecified atom stereocenters. The van der Waals surface area contributed by atoms with E-state index in [1.807, 2.05) is 48.2 Å². The van der Waals surface area contributed by atoms with Gasteiger partial charge in [0.2, 0.25) is 5.91 Å². The Morgan fingerprint density at radius 2 is 2.00 bits per heavy atom. The van der Waals surface area contributed by atoms with E-state index in [1.165, 1.54) is 6.08 Å². The molecule has 1 N–H and O–H groups in total. The number of halogens is 1. The molecule has 0 radical (unpaired) electrons. The number of carbonyl (C=O) groups is 1. The van der Waals surface area contributed by atoms with Gasteiger partial charge in [-0.3, -0.25) is 9.89 Å². The minimum absolute atomic E-state index is 0.137. The second kappa shape index (κ2) is 10.2. The zero-order valence-electron chi connectivity index (χ0n) is 24.1. The minimum atomic E-state index is -0.453. The maximum absolute atomic E-state index is 14.1. The Hall–Kier alpha value is -4.70. The lowest BCUT2D eigenvalue weighted by molar-refractivity contribution is -0.126. The van der Waals surface area contributed by atoms with Gasteiger partial charge in [-0.05, 0) is 42.2 Å². The average molecular weight is 596 g/mol. The largest absolute Gasteiger partial charge is 0.489 e. The second-order valence-electron chi connectivity index (χ2n) is 11.3. The summed E-state index contributed by atoms with van der Waals surface area (Å²) >= 11 is 7.23. The van der Waals surface area contributed by atoms with Crippen molar-refractivity contribution < 1.29 is 9.53 Å². The number of para-hydroxylation sites is 1. The highest BCUT2D eigenvalue weighted by molar-refractivity contribution is 6.36. The molecule has 5 heterocycles. The fraction of sp³-hybridized carbons (Fsp3) is 0.281. The molecular formula is C32H30ClN7O3. The molecule has 0 spiro atoms. The molecule has 2 aliphatic heterocycles. The Morgan fingerprint density at radius 3 is 2.79 bits per heavy atom. The first kappa shape index (κ1) is 27.2. The molecule has 0 bridgehead atoms. The first-order valence-corrected chi connectivity index (χ1v) is 14.7. The fourth-order valence-electron chi connectivity index (χ4n) is 6.31. The molecule has 3 aromatic heterocycles. The number of pyridine rings is 1. The van der Waals surface area contributed by atoms with Crippen LogP contribution in [0.4, 0.5) is 5.82 Å². The van der Waals surface area contributed by atoms with Crippen molar-refractivity contribution in [2.75, 3.05) is 31.1 Å². The number of carbonyl (C=O) groups excluding carboxylic acids is 1. The van der Waals surface area contributed by atoms with Crippen LogP contribution in [0.1, 0.15) is 30.9 Å². The number of anilines is 1. The van der Waals surface area contributed by atoms with Crippen molar-refractivity contribution >= 4 is 45.3 Å². The molecule has 0 saturated carbocycles. The molecule has 1 saturated heterocycles. The molecular weight excluding hydrogens is 566 g/mol. The van der Waals surface area contributed by atoms with Crippen molar-refractivity contribution in [3.63, 3.8) is 0 Å². The number of hydrogen-bond acceptors (Lipinski definition) is 7. The van der Waals surface area contributed by atoms with E-state index in [9.17, 15) is 9.59 Å². The van der Waals surface area contributed by atoms with Gasteiger partial charge in [0.05, 0.1) is 29.1 Å².